The van der Waals surface area contributed by atoms with Crippen LogP contribution in [-0.4, -0.2) is 73.4 Å². The molecule has 0 bridgehead atoms. The summed E-state index contributed by atoms with van der Waals surface area (Å²) >= 11 is 0. The second-order valence-electron chi connectivity index (χ2n) is 6.39. The fourth-order valence-electron chi connectivity index (χ4n) is 1.74. The lowest BCUT2D eigenvalue weighted by molar-refractivity contribution is 0.101. The predicted octanol–water partition coefficient (Wildman–Crippen LogP) is 1.01. The average Bonchev–Trinajstić information content (AvgIpc) is 2.22. The van der Waals surface area contributed by atoms with Gasteiger partial charge in [0.1, 0.15) is 0 Å². The van der Waals surface area contributed by atoms with Crippen molar-refractivity contribution in [1.82, 2.24) is 15.1 Å². The van der Waals surface area contributed by atoms with Gasteiger partial charge in [-0.2, -0.15) is 0 Å². The fourth-order valence-corrected chi connectivity index (χ4v) is 1.74. The van der Waals surface area contributed by atoms with E-state index < -0.39 is 0 Å². The van der Waals surface area contributed by atoms with Crippen molar-refractivity contribution < 1.29 is 5.11 Å². The molecule has 0 heterocycles. The van der Waals surface area contributed by atoms with Crippen molar-refractivity contribution in [3.8, 4) is 0 Å². The fraction of sp³-hybridized carbons (Fsp3) is 1.00. The highest BCUT2D eigenvalue weighted by molar-refractivity contribution is 4.75. The van der Waals surface area contributed by atoms with Gasteiger partial charge >= 0.3 is 0 Å². The van der Waals surface area contributed by atoms with Crippen LogP contribution in [0.3, 0.4) is 0 Å². The zero-order valence-corrected chi connectivity index (χ0v) is 13.2. The number of nitrogens with zero attached hydrogens (tertiary/aromatic N) is 2. The van der Waals surface area contributed by atoms with Crippen LogP contribution in [0, 0.1) is 0 Å². The number of rotatable bonds is 9. The van der Waals surface area contributed by atoms with Crippen molar-refractivity contribution in [1.29, 1.82) is 0 Å². The standard InChI is InChI=1S/C14H33N3O/c1-7-8-17(10-9-16(5)6)12-13(18)11-15-14(2,3)4/h13,15,18H,7-12H2,1-6H3. The third kappa shape index (κ3) is 11.0. The van der Waals surface area contributed by atoms with E-state index in [2.05, 4.69) is 56.9 Å². The Labute approximate surface area is 113 Å². The summed E-state index contributed by atoms with van der Waals surface area (Å²) in [7, 11) is 4.17. The van der Waals surface area contributed by atoms with Crippen molar-refractivity contribution in [3.05, 3.63) is 0 Å². The van der Waals surface area contributed by atoms with Crippen LogP contribution in [0.25, 0.3) is 0 Å². The van der Waals surface area contributed by atoms with Crippen LogP contribution >= 0.6 is 0 Å². The van der Waals surface area contributed by atoms with Crippen LogP contribution < -0.4 is 5.32 Å². The molecule has 0 radical (unpaired) electrons. The molecule has 0 fully saturated rings. The van der Waals surface area contributed by atoms with Crippen LogP contribution in [-0.2, 0) is 0 Å². The van der Waals surface area contributed by atoms with E-state index in [-0.39, 0.29) is 11.6 Å². The van der Waals surface area contributed by atoms with Crippen molar-refractivity contribution in [3.63, 3.8) is 0 Å². The van der Waals surface area contributed by atoms with Gasteiger partial charge in [0.15, 0.2) is 0 Å². The summed E-state index contributed by atoms with van der Waals surface area (Å²) in [6.45, 7) is 13.1. The Kier molecular flexibility index (Phi) is 8.78. The average molecular weight is 259 g/mol. The van der Waals surface area contributed by atoms with Crippen molar-refractivity contribution in [2.45, 2.75) is 45.8 Å². The molecule has 110 valence electrons. The van der Waals surface area contributed by atoms with E-state index >= 15 is 0 Å². The predicted molar refractivity (Wildman–Crippen MR) is 79.0 cm³/mol. The Morgan fingerprint density at radius 3 is 2.17 bits per heavy atom. The maximum absolute atomic E-state index is 10.1. The molecule has 0 spiro atoms. The van der Waals surface area contributed by atoms with E-state index in [4.69, 9.17) is 0 Å². The van der Waals surface area contributed by atoms with Gasteiger partial charge in [0, 0.05) is 31.7 Å². The second kappa shape index (κ2) is 8.86. The molecule has 2 N–H and O–H groups in total. The first kappa shape index (κ1) is 17.8. The summed E-state index contributed by atoms with van der Waals surface area (Å²) in [4.78, 5) is 4.53. The molecule has 0 rings (SSSR count). The molecule has 0 saturated heterocycles. The Bertz CT molecular complexity index is 202. The Morgan fingerprint density at radius 2 is 1.72 bits per heavy atom. The maximum atomic E-state index is 10.1. The van der Waals surface area contributed by atoms with Crippen LogP contribution in [0.5, 0.6) is 0 Å². The summed E-state index contributed by atoms with van der Waals surface area (Å²) < 4.78 is 0. The highest BCUT2D eigenvalue weighted by atomic mass is 16.3. The van der Waals surface area contributed by atoms with Gasteiger partial charge in [-0.25, -0.2) is 0 Å². The monoisotopic (exact) mass is 259 g/mol. The molecular formula is C14H33N3O. The van der Waals surface area contributed by atoms with Crippen molar-refractivity contribution >= 4 is 0 Å². The Morgan fingerprint density at radius 1 is 1.11 bits per heavy atom. The molecule has 0 aliphatic heterocycles. The van der Waals surface area contributed by atoms with Crippen molar-refractivity contribution in [2.24, 2.45) is 0 Å². The van der Waals surface area contributed by atoms with Crippen LogP contribution in [0.15, 0.2) is 0 Å². The largest absolute Gasteiger partial charge is 0.390 e. The van der Waals surface area contributed by atoms with E-state index in [1.54, 1.807) is 0 Å². The molecule has 0 aliphatic carbocycles. The summed E-state index contributed by atoms with van der Waals surface area (Å²) in [6, 6.07) is 0. The molecule has 18 heavy (non-hydrogen) atoms. The SMILES string of the molecule is CCCN(CCN(C)C)CC(O)CNC(C)(C)C. The van der Waals surface area contributed by atoms with Gasteiger partial charge in [-0.1, -0.05) is 6.92 Å². The van der Waals surface area contributed by atoms with E-state index in [9.17, 15) is 5.11 Å². The highest BCUT2D eigenvalue weighted by Gasteiger charge is 2.15. The van der Waals surface area contributed by atoms with Gasteiger partial charge in [0.2, 0.25) is 0 Å². The lowest BCUT2D eigenvalue weighted by atomic mass is 10.1. The van der Waals surface area contributed by atoms with Gasteiger partial charge in [0.05, 0.1) is 6.10 Å². The van der Waals surface area contributed by atoms with Gasteiger partial charge in [-0.05, 0) is 47.8 Å². The number of nitrogens with one attached hydrogen (secondary N) is 1. The zero-order valence-electron chi connectivity index (χ0n) is 13.2. The second-order valence-corrected chi connectivity index (χ2v) is 6.39. The van der Waals surface area contributed by atoms with Crippen molar-refractivity contribution in [2.75, 3.05) is 46.8 Å². The molecule has 0 amide bonds. The molecule has 0 aliphatic rings. The first-order valence-corrected chi connectivity index (χ1v) is 7.04. The molecule has 1 unspecified atom stereocenters. The Balaban J connectivity index is 3.98. The lowest BCUT2D eigenvalue weighted by Crippen LogP contribution is -2.45. The number of hydrogen-bond acceptors (Lipinski definition) is 4. The van der Waals surface area contributed by atoms with Gasteiger partial charge < -0.3 is 15.3 Å². The smallest absolute Gasteiger partial charge is 0.0791 e. The minimum atomic E-state index is -0.294. The van der Waals surface area contributed by atoms with Crippen LogP contribution in [0.4, 0.5) is 0 Å². The number of β-amino-alcohol motifs (C(OH)–C–C–N with tert-alkyl or cyclic N) is 1. The molecule has 0 aromatic heterocycles. The van der Waals surface area contributed by atoms with Gasteiger partial charge in [-0.3, -0.25) is 4.90 Å². The molecular weight excluding hydrogens is 226 g/mol. The third-order valence-corrected chi connectivity index (χ3v) is 2.74. The molecule has 0 aromatic carbocycles. The molecule has 0 saturated carbocycles. The molecule has 4 heteroatoms. The minimum Gasteiger partial charge on any atom is -0.390 e. The lowest BCUT2D eigenvalue weighted by Gasteiger charge is -2.28. The molecule has 1 atom stereocenters. The zero-order chi connectivity index (χ0) is 14.2. The quantitative estimate of drug-likeness (QED) is 0.648. The summed E-state index contributed by atoms with van der Waals surface area (Å²) in [5.41, 5.74) is 0.0696. The molecule has 4 nitrogen and oxygen atoms in total. The van der Waals surface area contributed by atoms with E-state index in [1.165, 1.54) is 0 Å². The first-order chi connectivity index (χ1) is 8.24. The minimum absolute atomic E-state index is 0.0696. The summed E-state index contributed by atoms with van der Waals surface area (Å²) in [5.74, 6) is 0. The number of aliphatic hydroxyl groups excluding tert-OH is 1. The Hall–Kier alpha value is -0.160. The van der Waals surface area contributed by atoms with Crippen LogP contribution in [0.1, 0.15) is 34.1 Å². The highest BCUT2D eigenvalue weighted by Crippen LogP contribution is 2.00. The van der Waals surface area contributed by atoms with E-state index in [0.29, 0.717) is 6.54 Å². The summed E-state index contributed by atoms with van der Waals surface area (Å²) in [6.07, 6.45) is 0.838. The normalized spacial score (nSPS) is 14.5. The maximum Gasteiger partial charge on any atom is 0.0791 e. The number of hydrogen-bond donors (Lipinski definition) is 2. The van der Waals surface area contributed by atoms with Crippen LogP contribution in [0.2, 0.25) is 0 Å². The van der Waals surface area contributed by atoms with E-state index in [0.717, 1.165) is 32.6 Å². The number of aliphatic hydroxyl groups is 1. The number of likely N-dealkylation sites (N-methyl/N-ethyl adjacent to an activating group) is 1. The first-order valence-electron chi connectivity index (χ1n) is 7.04. The van der Waals surface area contributed by atoms with E-state index in [1.807, 2.05) is 0 Å². The molecule has 0 aromatic rings. The third-order valence-electron chi connectivity index (χ3n) is 2.74. The summed E-state index contributed by atoms with van der Waals surface area (Å²) in [5, 5.41) is 13.4. The topological polar surface area (TPSA) is 38.7 Å². The van der Waals surface area contributed by atoms with Gasteiger partial charge in [0.25, 0.3) is 0 Å². The van der Waals surface area contributed by atoms with Gasteiger partial charge in [-0.15, -0.1) is 0 Å².